The molecule has 3 nitrogen and oxygen atoms in total. The van der Waals surface area contributed by atoms with Crippen LogP contribution in [-0.4, -0.2) is 0 Å². The van der Waals surface area contributed by atoms with Gasteiger partial charge in [-0.2, -0.15) is 0 Å². The standard InChI is InChI=1S/C50H31NO2/c1-2-12-35-30-37(23-22-32(35)10-1)36-13-7-14-39(31-36)51(44-18-9-21-47-49(44)43-29-26-33-11-3-4-15-41(33)50(43)53-47)38-27-24-34(25-28-38)40-17-8-20-46-48(40)42-16-5-6-19-45(42)52-46/h1-31H/i24D,25D,27D,28D. The van der Waals surface area contributed by atoms with Crippen LogP contribution in [0.1, 0.15) is 5.48 Å². The molecule has 0 saturated heterocycles. The average Bonchev–Trinajstić information content (AvgIpc) is 3.84. The Morgan fingerprint density at radius 3 is 1.96 bits per heavy atom. The first-order chi connectivity index (χ1) is 27.9. The largest absolute Gasteiger partial charge is 0.456 e. The number of benzene rings is 9. The molecule has 0 unspecified atom stereocenters. The normalized spacial score (nSPS) is 12.8. The van der Waals surface area contributed by atoms with Gasteiger partial charge in [0.1, 0.15) is 22.3 Å². The van der Waals surface area contributed by atoms with E-state index in [-0.39, 0.29) is 35.4 Å². The molecule has 0 atom stereocenters. The van der Waals surface area contributed by atoms with Gasteiger partial charge in [0.2, 0.25) is 0 Å². The van der Waals surface area contributed by atoms with Crippen LogP contribution in [0.25, 0.3) is 87.7 Å². The van der Waals surface area contributed by atoms with Gasteiger partial charge in [-0.25, -0.2) is 0 Å². The molecular formula is C50H31NO2. The van der Waals surface area contributed by atoms with Gasteiger partial charge < -0.3 is 13.7 Å². The van der Waals surface area contributed by atoms with Gasteiger partial charge in [-0.15, -0.1) is 0 Å². The third-order valence-electron chi connectivity index (χ3n) is 10.3. The van der Waals surface area contributed by atoms with Crippen molar-refractivity contribution in [3.05, 3.63) is 188 Å². The predicted octanol–water partition coefficient (Wildman–Crippen LogP) is 14.6. The van der Waals surface area contributed by atoms with Crippen LogP contribution >= 0.6 is 0 Å². The smallest absolute Gasteiger partial charge is 0.143 e. The van der Waals surface area contributed by atoms with Crippen molar-refractivity contribution in [3.63, 3.8) is 0 Å². The van der Waals surface area contributed by atoms with Crippen LogP contribution in [0.4, 0.5) is 17.1 Å². The number of nitrogens with zero attached hydrogens (tertiary/aromatic N) is 1. The van der Waals surface area contributed by atoms with Gasteiger partial charge >= 0.3 is 0 Å². The Hall–Kier alpha value is -7.10. The molecule has 2 aromatic heterocycles. The molecule has 11 aromatic rings. The predicted molar refractivity (Wildman–Crippen MR) is 222 cm³/mol. The molecule has 0 aliphatic carbocycles. The Morgan fingerprint density at radius 1 is 0.396 bits per heavy atom. The summed E-state index contributed by atoms with van der Waals surface area (Å²) in [5, 5.41) is 7.61. The first kappa shape index (κ1) is 25.8. The van der Waals surface area contributed by atoms with E-state index in [0.29, 0.717) is 33.7 Å². The molecule has 0 fully saturated rings. The Labute approximate surface area is 311 Å². The SMILES string of the molecule is [2H]c1c([2H])c(N(c2cccc(-c3ccc4ccccc4c3)c2)c2cccc3oc4c5ccccc5ccc4c23)c([2H])c([2H])c1-c1cccc2oc3ccccc3c12. The van der Waals surface area contributed by atoms with Crippen molar-refractivity contribution >= 4 is 82.5 Å². The Morgan fingerprint density at radius 2 is 1.08 bits per heavy atom. The molecule has 0 aliphatic rings. The van der Waals surface area contributed by atoms with Crippen LogP contribution in [0.2, 0.25) is 0 Å². The molecule has 3 heteroatoms. The summed E-state index contributed by atoms with van der Waals surface area (Å²) in [6, 6.07) is 53.4. The fourth-order valence-corrected chi connectivity index (χ4v) is 7.84. The molecule has 0 radical (unpaired) electrons. The maximum atomic E-state index is 9.76. The van der Waals surface area contributed by atoms with E-state index < -0.39 is 0 Å². The van der Waals surface area contributed by atoms with Gasteiger partial charge in [0, 0.05) is 32.9 Å². The molecule has 248 valence electrons. The topological polar surface area (TPSA) is 29.5 Å². The summed E-state index contributed by atoms with van der Waals surface area (Å²) in [6.07, 6.45) is 0. The van der Waals surface area contributed by atoms with Crippen molar-refractivity contribution in [1.29, 1.82) is 0 Å². The highest BCUT2D eigenvalue weighted by Gasteiger charge is 2.21. The van der Waals surface area contributed by atoms with E-state index in [1.165, 1.54) is 0 Å². The van der Waals surface area contributed by atoms with Crippen molar-refractivity contribution in [2.45, 2.75) is 0 Å². The zero-order valence-corrected chi connectivity index (χ0v) is 28.4. The molecule has 0 amide bonds. The first-order valence-electron chi connectivity index (χ1n) is 19.7. The second-order valence-corrected chi connectivity index (χ2v) is 13.4. The third kappa shape index (κ3) is 4.75. The quantitative estimate of drug-likeness (QED) is 0.181. The van der Waals surface area contributed by atoms with Crippen molar-refractivity contribution in [2.24, 2.45) is 0 Å². The lowest BCUT2D eigenvalue weighted by molar-refractivity contribution is 0.669. The van der Waals surface area contributed by atoms with E-state index >= 15 is 0 Å². The van der Waals surface area contributed by atoms with Gasteiger partial charge in [-0.1, -0.05) is 127 Å². The molecule has 0 saturated carbocycles. The number of para-hydroxylation sites is 1. The molecule has 2 heterocycles. The van der Waals surface area contributed by atoms with E-state index in [2.05, 4.69) is 66.7 Å². The van der Waals surface area contributed by atoms with E-state index in [4.69, 9.17) is 8.83 Å². The van der Waals surface area contributed by atoms with Crippen molar-refractivity contribution in [2.75, 3.05) is 4.90 Å². The zero-order valence-electron chi connectivity index (χ0n) is 32.4. The van der Waals surface area contributed by atoms with Gasteiger partial charge in [0.25, 0.3) is 0 Å². The van der Waals surface area contributed by atoms with Crippen LogP contribution in [0, 0.1) is 0 Å². The van der Waals surface area contributed by atoms with Crippen LogP contribution in [-0.2, 0) is 0 Å². The summed E-state index contributed by atoms with van der Waals surface area (Å²) in [4.78, 5) is 1.87. The van der Waals surface area contributed by atoms with Gasteiger partial charge in [0.05, 0.1) is 16.6 Å². The highest BCUT2D eigenvalue weighted by molar-refractivity contribution is 6.19. The van der Waals surface area contributed by atoms with Crippen molar-refractivity contribution in [3.8, 4) is 22.3 Å². The van der Waals surface area contributed by atoms with Gasteiger partial charge in [-0.3, -0.25) is 0 Å². The van der Waals surface area contributed by atoms with E-state index in [9.17, 15) is 5.48 Å². The van der Waals surface area contributed by atoms with E-state index in [1.54, 1.807) is 0 Å². The second kappa shape index (κ2) is 11.7. The first-order valence-corrected chi connectivity index (χ1v) is 17.7. The third-order valence-corrected chi connectivity index (χ3v) is 10.3. The van der Waals surface area contributed by atoms with Gasteiger partial charge in [-0.05, 0) is 99.0 Å². The second-order valence-electron chi connectivity index (χ2n) is 13.4. The average molecular weight is 682 g/mol. The summed E-state index contributed by atoms with van der Waals surface area (Å²) in [5.74, 6) is 0. The molecule has 53 heavy (non-hydrogen) atoms. The summed E-state index contributed by atoms with van der Waals surface area (Å²) >= 11 is 0. The number of rotatable bonds is 5. The summed E-state index contributed by atoms with van der Waals surface area (Å²) < 4.78 is 51.5. The Bertz CT molecular complexity index is 3410. The summed E-state index contributed by atoms with van der Waals surface area (Å²) in [5.41, 5.74) is 6.97. The number of fused-ring (bicyclic) bond motifs is 9. The molecule has 0 N–H and O–H groups in total. The van der Waals surface area contributed by atoms with Crippen LogP contribution in [0.15, 0.2) is 197 Å². The zero-order chi connectivity index (χ0) is 38.4. The molecule has 0 bridgehead atoms. The lowest BCUT2D eigenvalue weighted by atomic mass is 9.98. The monoisotopic (exact) mass is 681 g/mol. The highest BCUT2D eigenvalue weighted by atomic mass is 16.3. The Kier molecular flexibility index (Phi) is 5.71. The lowest BCUT2D eigenvalue weighted by Gasteiger charge is -2.27. The fraction of sp³-hybridized carbons (Fsp3) is 0. The number of hydrogen-bond acceptors (Lipinski definition) is 3. The van der Waals surface area contributed by atoms with E-state index in [0.717, 1.165) is 59.8 Å². The van der Waals surface area contributed by atoms with Crippen LogP contribution < -0.4 is 4.90 Å². The minimum Gasteiger partial charge on any atom is -0.456 e. The van der Waals surface area contributed by atoms with Gasteiger partial charge in [0.15, 0.2) is 0 Å². The minimum absolute atomic E-state index is 0.135. The molecular weight excluding hydrogens is 647 g/mol. The molecule has 0 spiro atoms. The fourth-order valence-electron chi connectivity index (χ4n) is 7.84. The van der Waals surface area contributed by atoms with Crippen LogP contribution in [0.3, 0.4) is 0 Å². The van der Waals surface area contributed by atoms with E-state index in [1.807, 2.05) is 102 Å². The number of hydrogen-bond donors (Lipinski definition) is 0. The maximum absolute atomic E-state index is 9.76. The highest BCUT2D eigenvalue weighted by Crippen LogP contribution is 2.46. The van der Waals surface area contributed by atoms with Crippen molar-refractivity contribution < 1.29 is 14.3 Å². The molecule has 9 aromatic carbocycles. The minimum atomic E-state index is -0.165. The molecule has 11 rings (SSSR count). The number of anilines is 3. The maximum Gasteiger partial charge on any atom is 0.143 e. The summed E-state index contributed by atoms with van der Waals surface area (Å²) in [7, 11) is 0. The Balaban J connectivity index is 1.19. The van der Waals surface area contributed by atoms with Crippen LogP contribution in [0.5, 0.6) is 0 Å². The van der Waals surface area contributed by atoms with Crippen molar-refractivity contribution in [1.82, 2.24) is 0 Å². The summed E-state index contributed by atoms with van der Waals surface area (Å²) in [6.45, 7) is 0. The number of furan rings is 2. The lowest BCUT2D eigenvalue weighted by Crippen LogP contribution is -2.10. The molecule has 0 aliphatic heterocycles.